The molecule has 0 bridgehead atoms. The van der Waals surface area contributed by atoms with Gasteiger partial charge in [-0.15, -0.1) is 0 Å². The first kappa shape index (κ1) is 8.71. The minimum atomic E-state index is 0.676. The molecule has 4 nitrogen and oxygen atoms in total. The Morgan fingerprint density at radius 2 is 2.31 bits per heavy atom. The number of aromatic nitrogens is 4. The van der Waals surface area contributed by atoms with Crippen molar-refractivity contribution in [3.8, 4) is 11.4 Å². The molecule has 0 aliphatic rings. The van der Waals surface area contributed by atoms with E-state index >= 15 is 0 Å². The van der Waals surface area contributed by atoms with E-state index in [1.807, 2.05) is 6.92 Å². The molecular weight excluding hydrogens is 252 g/mol. The van der Waals surface area contributed by atoms with Crippen molar-refractivity contribution >= 4 is 27.5 Å². The summed E-state index contributed by atoms with van der Waals surface area (Å²) in [6.07, 6.45) is 3.23. The fourth-order valence-electron chi connectivity index (χ4n) is 0.925. The second-order valence-electron chi connectivity index (χ2n) is 2.39. The molecule has 66 valence electrons. The molecule has 2 aromatic heterocycles. The van der Waals surface area contributed by atoms with Gasteiger partial charge in [-0.2, -0.15) is 4.37 Å². The summed E-state index contributed by atoms with van der Waals surface area (Å²) < 4.78 is 4.92. The standard InChI is InChI=1S/C7H5BrN4S/c1-4-5(2-9-3-10-4)6-11-7(8)13-12-6/h2-3H,1H3. The summed E-state index contributed by atoms with van der Waals surface area (Å²) in [5.41, 5.74) is 1.77. The van der Waals surface area contributed by atoms with Gasteiger partial charge in [0.25, 0.3) is 0 Å². The topological polar surface area (TPSA) is 51.6 Å². The second kappa shape index (κ2) is 3.47. The third kappa shape index (κ3) is 1.73. The smallest absolute Gasteiger partial charge is 0.179 e. The van der Waals surface area contributed by atoms with Crippen LogP contribution < -0.4 is 0 Å². The quantitative estimate of drug-likeness (QED) is 0.784. The minimum Gasteiger partial charge on any atom is -0.244 e. The Morgan fingerprint density at radius 3 is 2.92 bits per heavy atom. The highest BCUT2D eigenvalue weighted by atomic mass is 79.9. The van der Waals surface area contributed by atoms with Gasteiger partial charge in [0.05, 0.1) is 11.3 Å². The first-order chi connectivity index (χ1) is 6.27. The van der Waals surface area contributed by atoms with E-state index in [0.29, 0.717) is 5.82 Å². The maximum Gasteiger partial charge on any atom is 0.179 e. The Labute approximate surface area is 87.4 Å². The van der Waals surface area contributed by atoms with Crippen molar-refractivity contribution in [2.24, 2.45) is 0 Å². The molecule has 0 atom stereocenters. The van der Waals surface area contributed by atoms with Crippen LogP contribution in [0.5, 0.6) is 0 Å². The maximum absolute atomic E-state index is 4.19. The third-order valence-electron chi connectivity index (χ3n) is 1.55. The summed E-state index contributed by atoms with van der Waals surface area (Å²) in [6, 6.07) is 0. The van der Waals surface area contributed by atoms with E-state index in [-0.39, 0.29) is 0 Å². The van der Waals surface area contributed by atoms with E-state index in [1.54, 1.807) is 6.20 Å². The van der Waals surface area contributed by atoms with Crippen LogP contribution in [-0.2, 0) is 0 Å². The average Bonchev–Trinajstić information content (AvgIpc) is 2.53. The lowest BCUT2D eigenvalue weighted by molar-refractivity contribution is 1.09. The van der Waals surface area contributed by atoms with Gasteiger partial charge in [-0.05, 0) is 34.4 Å². The van der Waals surface area contributed by atoms with Gasteiger partial charge >= 0.3 is 0 Å². The van der Waals surface area contributed by atoms with Gasteiger partial charge in [-0.3, -0.25) is 0 Å². The number of aryl methyl sites for hydroxylation is 1. The molecule has 0 unspecified atom stereocenters. The average molecular weight is 257 g/mol. The molecule has 0 spiro atoms. The van der Waals surface area contributed by atoms with Gasteiger partial charge in [0.15, 0.2) is 9.74 Å². The van der Waals surface area contributed by atoms with Crippen LogP contribution in [0.2, 0.25) is 0 Å². The zero-order valence-corrected chi connectivity index (χ0v) is 9.13. The number of nitrogens with zero attached hydrogens (tertiary/aromatic N) is 4. The highest BCUT2D eigenvalue weighted by Crippen LogP contribution is 2.21. The van der Waals surface area contributed by atoms with E-state index in [2.05, 4.69) is 35.3 Å². The Kier molecular flexibility index (Phi) is 2.32. The summed E-state index contributed by atoms with van der Waals surface area (Å²) >= 11 is 4.57. The predicted molar refractivity (Wildman–Crippen MR) is 53.4 cm³/mol. The summed E-state index contributed by atoms with van der Waals surface area (Å²) in [6.45, 7) is 1.91. The highest BCUT2D eigenvalue weighted by Gasteiger charge is 2.07. The van der Waals surface area contributed by atoms with Gasteiger partial charge in [0.1, 0.15) is 6.33 Å². The SMILES string of the molecule is Cc1ncncc1-c1nsc(Br)n1. The summed E-state index contributed by atoms with van der Waals surface area (Å²) in [5.74, 6) is 0.676. The van der Waals surface area contributed by atoms with Crippen molar-refractivity contribution in [3.05, 3.63) is 22.1 Å². The summed E-state index contributed by atoms with van der Waals surface area (Å²) in [7, 11) is 0. The number of hydrogen-bond donors (Lipinski definition) is 0. The molecule has 2 aromatic rings. The zero-order valence-electron chi connectivity index (χ0n) is 6.73. The normalized spacial score (nSPS) is 10.3. The number of hydrogen-bond acceptors (Lipinski definition) is 5. The van der Waals surface area contributed by atoms with Crippen LogP contribution in [0, 0.1) is 6.92 Å². The van der Waals surface area contributed by atoms with Crippen LogP contribution >= 0.6 is 27.5 Å². The molecule has 0 saturated carbocycles. The molecule has 0 aliphatic carbocycles. The van der Waals surface area contributed by atoms with Gasteiger partial charge in [0.2, 0.25) is 0 Å². The molecule has 0 radical (unpaired) electrons. The molecule has 0 aromatic carbocycles. The lowest BCUT2D eigenvalue weighted by atomic mass is 10.2. The Balaban J connectivity index is 2.52. The minimum absolute atomic E-state index is 0.676. The lowest BCUT2D eigenvalue weighted by Crippen LogP contribution is -1.89. The van der Waals surface area contributed by atoms with E-state index in [4.69, 9.17) is 0 Å². The monoisotopic (exact) mass is 256 g/mol. The molecule has 0 saturated heterocycles. The van der Waals surface area contributed by atoms with Crippen molar-refractivity contribution in [2.45, 2.75) is 6.92 Å². The van der Waals surface area contributed by atoms with Crippen LogP contribution in [0.3, 0.4) is 0 Å². The van der Waals surface area contributed by atoms with E-state index in [1.165, 1.54) is 17.9 Å². The van der Waals surface area contributed by atoms with E-state index in [9.17, 15) is 0 Å². The molecular formula is C7H5BrN4S. The van der Waals surface area contributed by atoms with Gasteiger partial charge < -0.3 is 0 Å². The summed E-state index contributed by atoms with van der Waals surface area (Å²) in [5, 5.41) is 0. The van der Waals surface area contributed by atoms with Gasteiger partial charge in [-0.1, -0.05) is 0 Å². The first-order valence-electron chi connectivity index (χ1n) is 3.53. The highest BCUT2D eigenvalue weighted by molar-refractivity contribution is 9.11. The second-order valence-corrected chi connectivity index (χ2v) is 4.42. The van der Waals surface area contributed by atoms with Gasteiger partial charge in [-0.25, -0.2) is 15.0 Å². The van der Waals surface area contributed by atoms with Crippen LogP contribution in [0.1, 0.15) is 5.69 Å². The van der Waals surface area contributed by atoms with Gasteiger partial charge in [0, 0.05) is 6.20 Å². The Hall–Kier alpha value is -0.880. The number of rotatable bonds is 1. The fourth-order valence-corrected chi connectivity index (χ4v) is 1.74. The van der Waals surface area contributed by atoms with Crippen molar-refractivity contribution in [1.29, 1.82) is 0 Å². The van der Waals surface area contributed by atoms with E-state index < -0.39 is 0 Å². The maximum atomic E-state index is 4.19. The van der Waals surface area contributed by atoms with Crippen LogP contribution in [0.15, 0.2) is 16.4 Å². The number of halogens is 1. The first-order valence-corrected chi connectivity index (χ1v) is 5.10. The molecule has 13 heavy (non-hydrogen) atoms. The molecule has 2 heterocycles. The Morgan fingerprint density at radius 1 is 1.46 bits per heavy atom. The van der Waals surface area contributed by atoms with Crippen LogP contribution in [-0.4, -0.2) is 19.3 Å². The lowest BCUT2D eigenvalue weighted by Gasteiger charge is -1.96. The predicted octanol–water partition coefficient (Wildman–Crippen LogP) is 2.07. The molecule has 0 aliphatic heterocycles. The molecule has 0 N–H and O–H groups in total. The Bertz CT molecular complexity index is 428. The largest absolute Gasteiger partial charge is 0.244 e. The fraction of sp³-hybridized carbons (Fsp3) is 0.143. The van der Waals surface area contributed by atoms with Crippen LogP contribution in [0.4, 0.5) is 0 Å². The van der Waals surface area contributed by atoms with E-state index in [0.717, 1.165) is 15.2 Å². The third-order valence-corrected chi connectivity index (χ3v) is 2.67. The molecule has 0 amide bonds. The summed E-state index contributed by atoms with van der Waals surface area (Å²) in [4.78, 5) is 12.2. The van der Waals surface area contributed by atoms with Crippen molar-refractivity contribution in [1.82, 2.24) is 19.3 Å². The molecule has 6 heteroatoms. The molecule has 2 rings (SSSR count). The zero-order chi connectivity index (χ0) is 9.26. The molecule has 0 fully saturated rings. The van der Waals surface area contributed by atoms with Crippen molar-refractivity contribution < 1.29 is 0 Å². The van der Waals surface area contributed by atoms with Crippen molar-refractivity contribution in [2.75, 3.05) is 0 Å². The van der Waals surface area contributed by atoms with Crippen molar-refractivity contribution in [3.63, 3.8) is 0 Å². The van der Waals surface area contributed by atoms with Crippen LogP contribution in [0.25, 0.3) is 11.4 Å².